The minimum atomic E-state index is -4.14. The van der Waals surface area contributed by atoms with Crippen molar-refractivity contribution in [2.24, 2.45) is 0 Å². The monoisotopic (exact) mass is 366 g/mol. The van der Waals surface area contributed by atoms with Gasteiger partial charge in [0.15, 0.2) is 0 Å². The van der Waals surface area contributed by atoms with Gasteiger partial charge in [0.05, 0.1) is 29.7 Å². The van der Waals surface area contributed by atoms with E-state index in [9.17, 15) is 18.5 Å². The Morgan fingerprint density at radius 2 is 2.04 bits per heavy atom. The van der Waals surface area contributed by atoms with Crippen LogP contribution in [0, 0.1) is 10.1 Å². The molecule has 1 fully saturated rings. The van der Waals surface area contributed by atoms with Crippen molar-refractivity contribution in [2.75, 3.05) is 22.7 Å². The van der Waals surface area contributed by atoms with Gasteiger partial charge in [-0.15, -0.1) is 0 Å². The lowest BCUT2D eigenvalue weighted by Crippen LogP contribution is -2.19. The van der Waals surface area contributed by atoms with E-state index < -0.39 is 25.7 Å². The van der Waals surface area contributed by atoms with Crippen molar-refractivity contribution in [1.82, 2.24) is 14.8 Å². The predicted octanol–water partition coefficient (Wildman–Crippen LogP) is 1.61. The predicted molar refractivity (Wildman–Crippen MR) is 91.0 cm³/mol. The Bertz CT molecular complexity index is 871. The van der Waals surface area contributed by atoms with E-state index in [0.29, 0.717) is 6.54 Å². The molecule has 1 aliphatic heterocycles. The molecule has 0 saturated carbocycles. The Morgan fingerprint density at radius 3 is 2.60 bits per heavy atom. The van der Waals surface area contributed by atoms with E-state index in [1.165, 1.54) is 10.9 Å². The van der Waals surface area contributed by atoms with Crippen LogP contribution in [0.1, 0.15) is 19.8 Å². The third-order valence-corrected chi connectivity index (χ3v) is 5.30. The number of sulfonamides is 1. The molecule has 25 heavy (non-hydrogen) atoms. The molecule has 0 aromatic carbocycles. The smallest absolute Gasteiger partial charge is 0.358 e. The third kappa shape index (κ3) is 3.55. The Balaban J connectivity index is 1.84. The summed E-state index contributed by atoms with van der Waals surface area (Å²) in [6.07, 6.45) is 4.77. The lowest BCUT2D eigenvalue weighted by molar-refractivity contribution is -0.392. The van der Waals surface area contributed by atoms with Crippen LogP contribution in [0.3, 0.4) is 0 Å². The van der Waals surface area contributed by atoms with Gasteiger partial charge in [0, 0.05) is 13.1 Å². The zero-order valence-electron chi connectivity index (χ0n) is 13.6. The number of aryl methyl sites for hydroxylation is 1. The summed E-state index contributed by atoms with van der Waals surface area (Å²) in [5, 5.41) is 14.7. The van der Waals surface area contributed by atoms with Crippen LogP contribution in [-0.2, 0) is 16.6 Å². The Hall–Kier alpha value is -2.69. The number of rotatable bonds is 6. The molecule has 1 aliphatic rings. The summed E-state index contributed by atoms with van der Waals surface area (Å²) >= 11 is 0. The van der Waals surface area contributed by atoms with Crippen molar-refractivity contribution >= 4 is 27.3 Å². The average molecular weight is 366 g/mol. The van der Waals surface area contributed by atoms with E-state index in [-0.39, 0.29) is 5.69 Å². The number of nitro groups is 1. The van der Waals surface area contributed by atoms with Crippen LogP contribution in [0.25, 0.3) is 0 Å². The lowest BCUT2D eigenvalue weighted by atomic mass is 10.4. The molecular formula is C14H18N6O4S. The maximum atomic E-state index is 12.5. The number of pyridine rings is 1. The SMILES string of the molecule is CCn1cc(S(=O)(=O)Nc2ccc(N3CCCC3)nc2)c([N+](=O)[O-])n1. The number of hydrogen-bond donors (Lipinski definition) is 1. The van der Waals surface area contributed by atoms with E-state index in [1.807, 2.05) is 0 Å². The van der Waals surface area contributed by atoms with Gasteiger partial charge in [-0.05, 0) is 36.8 Å². The fourth-order valence-corrected chi connectivity index (χ4v) is 3.82. The van der Waals surface area contributed by atoms with E-state index in [0.717, 1.165) is 37.9 Å². The van der Waals surface area contributed by atoms with Crippen LogP contribution >= 0.6 is 0 Å². The molecule has 2 aromatic rings. The average Bonchev–Trinajstić information content (AvgIpc) is 3.25. The molecule has 0 radical (unpaired) electrons. The zero-order chi connectivity index (χ0) is 18.0. The van der Waals surface area contributed by atoms with E-state index >= 15 is 0 Å². The minimum absolute atomic E-state index is 0.237. The normalized spacial score (nSPS) is 14.7. The van der Waals surface area contributed by atoms with E-state index in [1.54, 1.807) is 19.1 Å². The van der Waals surface area contributed by atoms with Crippen LogP contribution in [0.15, 0.2) is 29.4 Å². The molecule has 10 nitrogen and oxygen atoms in total. The summed E-state index contributed by atoms with van der Waals surface area (Å²) in [7, 11) is -4.14. The van der Waals surface area contributed by atoms with Gasteiger partial charge in [-0.1, -0.05) is 0 Å². The van der Waals surface area contributed by atoms with Crippen molar-refractivity contribution in [3.63, 3.8) is 0 Å². The van der Waals surface area contributed by atoms with Crippen molar-refractivity contribution in [3.8, 4) is 0 Å². The van der Waals surface area contributed by atoms with Gasteiger partial charge in [0.2, 0.25) is 4.90 Å². The molecule has 134 valence electrons. The minimum Gasteiger partial charge on any atom is -0.358 e. The Morgan fingerprint density at radius 1 is 1.32 bits per heavy atom. The number of hydrogen-bond acceptors (Lipinski definition) is 7. The van der Waals surface area contributed by atoms with Gasteiger partial charge in [0.1, 0.15) is 5.82 Å². The van der Waals surface area contributed by atoms with E-state index in [4.69, 9.17) is 0 Å². The lowest BCUT2D eigenvalue weighted by Gasteiger charge is -2.16. The largest absolute Gasteiger partial charge is 0.410 e. The molecule has 0 unspecified atom stereocenters. The molecule has 3 heterocycles. The first kappa shape index (κ1) is 17.1. The summed E-state index contributed by atoms with van der Waals surface area (Å²) in [4.78, 5) is 16.2. The molecule has 11 heteroatoms. The third-order valence-electron chi connectivity index (χ3n) is 3.93. The Kier molecular flexibility index (Phi) is 4.57. The molecule has 0 aliphatic carbocycles. The van der Waals surface area contributed by atoms with Gasteiger partial charge in [0.25, 0.3) is 10.0 Å². The summed E-state index contributed by atoms with van der Waals surface area (Å²) in [5.74, 6) is 0.0845. The fourth-order valence-electron chi connectivity index (χ4n) is 2.66. The second-order valence-corrected chi connectivity index (χ2v) is 7.29. The molecule has 1 saturated heterocycles. The number of aromatic nitrogens is 3. The molecule has 3 rings (SSSR count). The zero-order valence-corrected chi connectivity index (χ0v) is 14.4. The number of nitrogens with one attached hydrogen (secondary N) is 1. The molecule has 0 spiro atoms. The van der Waals surface area contributed by atoms with Gasteiger partial charge < -0.3 is 15.0 Å². The molecule has 2 aromatic heterocycles. The summed E-state index contributed by atoms with van der Waals surface area (Å²) < 4.78 is 28.5. The highest BCUT2D eigenvalue weighted by atomic mass is 32.2. The van der Waals surface area contributed by atoms with Gasteiger partial charge >= 0.3 is 5.82 Å². The molecule has 1 N–H and O–H groups in total. The van der Waals surface area contributed by atoms with Crippen molar-refractivity contribution < 1.29 is 13.3 Å². The van der Waals surface area contributed by atoms with Crippen LogP contribution in [0.4, 0.5) is 17.3 Å². The second-order valence-electron chi connectivity index (χ2n) is 5.63. The summed E-state index contributed by atoms with van der Waals surface area (Å²) in [6, 6.07) is 3.32. The summed E-state index contributed by atoms with van der Waals surface area (Å²) in [6.45, 7) is 3.89. The molecule has 0 amide bonds. The van der Waals surface area contributed by atoms with Crippen LogP contribution < -0.4 is 9.62 Å². The van der Waals surface area contributed by atoms with Gasteiger partial charge in [-0.3, -0.25) is 4.72 Å². The second kappa shape index (κ2) is 6.67. The quantitative estimate of drug-likeness (QED) is 0.608. The number of nitrogens with zero attached hydrogens (tertiary/aromatic N) is 5. The maximum Gasteiger partial charge on any atom is 0.410 e. The topological polar surface area (TPSA) is 123 Å². The van der Waals surface area contributed by atoms with Crippen LogP contribution in [0.5, 0.6) is 0 Å². The van der Waals surface area contributed by atoms with Gasteiger partial charge in [-0.2, -0.15) is 4.68 Å². The molecule has 0 atom stereocenters. The van der Waals surface area contributed by atoms with Crippen molar-refractivity contribution in [2.45, 2.75) is 31.2 Å². The highest BCUT2D eigenvalue weighted by Crippen LogP contribution is 2.25. The highest BCUT2D eigenvalue weighted by molar-refractivity contribution is 7.92. The van der Waals surface area contributed by atoms with Crippen LogP contribution in [-0.4, -0.2) is 41.2 Å². The fraction of sp³-hybridized carbons (Fsp3) is 0.429. The summed E-state index contributed by atoms with van der Waals surface area (Å²) in [5.41, 5.74) is 0.237. The van der Waals surface area contributed by atoms with Gasteiger partial charge in [-0.25, -0.2) is 13.4 Å². The van der Waals surface area contributed by atoms with Crippen molar-refractivity contribution in [3.05, 3.63) is 34.6 Å². The standard InChI is InChI=1S/C14H18N6O4S/c1-2-19-10-12(14(16-19)20(21)22)25(23,24)17-11-5-6-13(15-9-11)18-7-3-4-8-18/h5-6,9-10,17H,2-4,7-8H2,1H3. The van der Waals surface area contributed by atoms with E-state index in [2.05, 4.69) is 19.7 Å². The Labute approximate surface area is 144 Å². The first-order valence-corrected chi connectivity index (χ1v) is 9.34. The molecule has 0 bridgehead atoms. The number of anilines is 2. The molecular weight excluding hydrogens is 348 g/mol. The van der Waals surface area contributed by atoms with Crippen LogP contribution in [0.2, 0.25) is 0 Å². The highest BCUT2D eigenvalue weighted by Gasteiger charge is 2.31. The first-order chi connectivity index (χ1) is 11.9. The van der Waals surface area contributed by atoms with Crippen molar-refractivity contribution in [1.29, 1.82) is 0 Å². The first-order valence-electron chi connectivity index (χ1n) is 7.86. The maximum absolute atomic E-state index is 12.5.